The molecule has 0 amide bonds. The molecule has 2 aromatic heterocycles. The molecule has 0 unspecified atom stereocenters. The standard InChI is InChI=1S/C9H8N4O2S/c10-13-8(14)7(11-12-9(13)16)4-3-6-2-1-5-15-6/h1-5H,10H2,(H,12,16)/b4-3+. The highest BCUT2D eigenvalue weighted by Crippen LogP contribution is 2.03. The summed E-state index contributed by atoms with van der Waals surface area (Å²) in [5, 5.41) is 6.23. The maximum atomic E-state index is 11.6. The Morgan fingerprint density at radius 2 is 2.38 bits per heavy atom. The van der Waals surface area contributed by atoms with Gasteiger partial charge in [-0.05, 0) is 36.5 Å². The topological polar surface area (TPSA) is 89.8 Å². The lowest BCUT2D eigenvalue weighted by Crippen LogP contribution is -2.31. The van der Waals surface area contributed by atoms with Crippen LogP contribution < -0.4 is 11.4 Å². The van der Waals surface area contributed by atoms with Crippen LogP contribution in [0.3, 0.4) is 0 Å². The van der Waals surface area contributed by atoms with Crippen LogP contribution in [0.15, 0.2) is 27.6 Å². The number of furan rings is 1. The predicted molar refractivity (Wildman–Crippen MR) is 61.5 cm³/mol. The molecule has 0 aliphatic rings. The molecule has 0 aliphatic heterocycles. The first-order valence-electron chi connectivity index (χ1n) is 4.37. The fourth-order valence-corrected chi connectivity index (χ4v) is 1.21. The van der Waals surface area contributed by atoms with E-state index < -0.39 is 5.56 Å². The average Bonchev–Trinajstić information content (AvgIpc) is 2.78. The maximum Gasteiger partial charge on any atom is 0.298 e. The van der Waals surface area contributed by atoms with Crippen molar-refractivity contribution in [1.82, 2.24) is 14.9 Å². The van der Waals surface area contributed by atoms with Gasteiger partial charge in [0.25, 0.3) is 5.56 Å². The van der Waals surface area contributed by atoms with Gasteiger partial charge in [-0.2, -0.15) is 9.77 Å². The van der Waals surface area contributed by atoms with Gasteiger partial charge >= 0.3 is 0 Å². The van der Waals surface area contributed by atoms with Crippen LogP contribution in [0.25, 0.3) is 12.2 Å². The second-order valence-corrected chi connectivity index (χ2v) is 3.32. The van der Waals surface area contributed by atoms with Crippen LogP contribution in [0.1, 0.15) is 11.5 Å². The smallest absolute Gasteiger partial charge is 0.298 e. The van der Waals surface area contributed by atoms with Crippen molar-refractivity contribution >= 4 is 24.4 Å². The summed E-state index contributed by atoms with van der Waals surface area (Å²) in [6.45, 7) is 0. The van der Waals surface area contributed by atoms with Gasteiger partial charge in [0.1, 0.15) is 5.76 Å². The number of aromatic amines is 1. The van der Waals surface area contributed by atoms with Crippen LogP contribution in [0.2, 0.25) is 0 Å². The van der Waals surface area contributed by atoms with E-state index >= 15 is 0 Å². The number of hydrogen-bond donors (Lipinski definition) is 2. The van der Waals surface area contributed by atoms with Gasteiger partial charge in [-0.25, -0.2) is 0 Å². The first-order valence-corrected chi connectivity index (χ1v) is 4.77. The quantitative estimate of drug-likeness (QED) is 0.594. The lowest BCUT2D eigenvalue weighted by Gasteiger charge is -1.97. The molecule has 0 atom stereocenters. The van der Waals surface area contributed by atoms with Crippen LogP contribution in [-0.4, -0.2) is 14.9 Å². The van der Waals surface area contributed by atoms with E-state index in [1.54, 1.807) is 18.2 Å². The molecule has 0 saturated heterocycles. The summed E-state index contributed by atoms with van der Waals surface area (Å²) in [6, 6.07) is 3.50. The zero-order chi connectivity index (χ0) is 11.5. The highest BCUT2D eigenvalue weighted by atomic mass is 32.1. The summed E-state index contributed by atoms with van der Waals surface area (Å²) in [4.78, 5) is 11.6. The Morgan fingerprint density at radius 1 is 1.56 bits per heavy atom. The highest BCUT2D eigenvalue weighted by molar-refractivity contribution is 7.71. The molecule has 0 bridgehead atoms. The number of nitrogen functional groups attached to an aromatic ring is 1. The van der Waals surface area contributed by atoms with E-state index in [4.69, 9.17) is 22.5 Å². The first-order chi connectivity index (χ1) is 7.68. The third-order valence-corrected chi connectivity index (χ3v) is 2.17. The minimum absolute atomic E-state index is 0.0696. The van der Waals surface area contributed by atoms with Crippen molar-refractivity contribution in [2.45, 2.75) is 0 Å². The summed E-state index contributed by atoms with van der Waals surface area (Å²) in [5.41, 5.74) is -0.306. The Labute approximate surface area is 95.0 Å². The number of aromatic nitrogens is 3. The Balaban J connectivity index is 2.40. The van der Waals surface area contributed by atoms with Gasteiger partial charge in [0.15, 0.2) is 5.69 Å². The SMILES string of the molecule is Nn1c(=S)[nH]nc(/C=C/c2ccco2)c1=O. The zero-order valence-electron chi connectivity index (χ0n) is 8.08. The van der Waals surface area contributed by atoms with Crippen molar-refractivity contribution < 1.29 is 4.42 Å². The molecule has 0 radical (unpaired) electrons. The molecule has 16 heavy (non-hydrogen) atoms. The van der Waals surface area contributed by atoms with Crippen LogP contribution in [-0.2, 0) is 0 Å². The lowest BCUT2D eigenvalue weighted by atomic mass is 10.3. The van der Waals surface area contributed by atoms with Crippen molar-refractivity contribution in [3.63, 3.8) is 0 Å². The van der Waals surface area contributed by atoms with E-state index in [0.29, 0.717) is 5.76 Å². The van der Waals surface area contributed by atoms with Gasteiger partial charge < -0.3 is 10.3 Å². The summed E-state index contributed by atoms with van der Waals surface area (Å²) < 4.78 is 5.96. The van der Waals surface area contributed by atoms with Crippen LogP contribution in [0.4, 0.5) is 0 Å². The summed E-state index contributed by atoms with van der Waals surface area (Å²) in [7, 11) is 0. The van der Waals surface area contributed by atoms with Gasteiger partial charge in [-0.15, -0.1) is 0 Å². The molecule has 2 rings (SSSR count). The fraction of sp³-hybridized carbons (Fsp3) is 0. The highest BCUT2D eigenvalue weighted by Gasteiger charge is 2.01. The summed E-state index contributed by atoms with van der Waals surface area (Å²) in [6.07, 6.45) is 4.64. The minimum Gasteiger partial charge on any atom is -0.465 e. The van der Waals surface area contributed by atoms with Crippen LogP contribution in [0.5, 0.6) is 0 Å². The van der Waals surface area contributed by atoms with E-state index in [9.17, 15) is 4.79 Å². The molecule has 0 aliphatic carbocycles. The van der Waals surface area contributed by atoms with Crippen LogP contribution >= 0.6 is 12.2 Å². The fourth-order valence-electron chi connectivity index (χ4n) is 1.08. The molecular weight excluding hydrogens is 228 g/mol. The monoisotopic (exact) mass is 236 g/mol. The maximum absolute atomic E-state index is 11.6. The van der Waals surface area contributed by atoms with Crippen molar-refractivity contribution in [2.24, 2.45) is 0 Å². The Bertz CT molecular complexity index is 624. The Hall–Kier alpha value is -2.15. The average molecular weight is 236 g/mol. The van der Waals surface area contributed by atoms with Crippen molar-refractivity contribution in [1.29, 1.82) is 0 Å². The van der Waals surface area contributed by atoms with E-state index in [0.717, 1.165) is 4.68 Å². The van der Waals surface area contributed by atoms with E-state index in [-0.39, 0.29) is 10.5 Å². The predicted octanol–water partition coefficient (Wildman–Crippen LogP) is 0.778. The Morgan fingerprint density at radius 3 is 3.06 bits per heavy atom. The van der Waals surface area contributed by atoms with Crippen LogP contribution in [0, 0.1) is 4.77 Å². The van der Waals surface area contributed by atoms with Gasteiger partial charge in [-0.3, -0.25) is 9.89 Å². The molecule has 2 aromatic rings. The second-order valence-electron chi connectivity index (χ2n) is 2.94. The lowest BCUT2D eigenvalue weighted by molar-refractivity contribution is 0.557. The third-order valence-electron chi connectivity index (χ3n) is 1.88. The number of hydrogen-bond acceptors (Lipinski definition) is 5. The first kappa shape index (κ1) is 10.4. The molecule has 7 heteroatoms. The molecule has 0 spiro atoms. The van der Waals surface area contributed by atoms with Crippen molar-refractivity contribution in [3.8, 4) is 0 Å². The molecule has 6 nitrogen and oxygen atoms in total. The molecule has 82 valence electrons. The van der Waals surface area contributed by atoms with E-state index in [2.05, 4.69) is 10.2 Å². The number of nitrogens with one attached hydrogen (secondary N) is 1. The van der Waals surface area contributed by atoms with Gasteiger partial charge in [-0.1, -0.05) is 0 Å². The summed E-state index contributed by atoms with van der Waals surface area (Å²) >= 11 is 4.74. The largest absolute Gasteiger partial charge is 0.465 e. The van der Waals surface area contributed by atoms with Gasteiger partial charge in [0.05, 0.1) is 6.26 Å². The van der Waals surface area contributed by atoms with E-state index in [1.165, 1.54) is 12.3 Å². The summed E-state index contributed by atoms with van der Waals surface area (Å²) in [5.74, 6) is 6.02. The second kappa shape index (κ2) is 4.15. The third kappa shape index (κ3) is 1.94. The number of H-pyrrole nitrogens is 1. The molecule has 0 saturated carbocycles. The number of nitrogens with two attached hydrogens (primary N) is 1. The molecular formula is C9H8N4O2S. The van der Waals surface area contributed by atoms with E-state index in [1.807, 2.05) is 0 Å². The molecule has 0 aromatic carbocycles. The van der Waals surface area contributed by atoms with Crippen molar-refractivity contribution in [3.05, 3.63) is 45.0 Å². The normalized spacial score (nSPS) is 11.0. The number of nitrogens with zero attached hydrogens (tertiary/aromatic N) is 2. The Kier molecular flexibility index (Phi) is 2.69. The van der Waals surface area contributed by atoms with Gasteiger partial charge in [0.2, 0.25) is 4.77 Å². The zero-order valence-corrected chi connectivity index (χ0v) is 8.90. The molecule has 2 heterocycles. The minimum atomic E-state index is -0.466. The molecule has 0 fully saturated rings. The number of rotatable bonds is 2. The van der Waals surface area contributed by atoms with Crippen molar-refractivity contribution in [2.75, 3.05) is 5.84 Å². The molecule has 3 N–H and O–H groups in total. The van der Waals surface area contributed by atoms with Gasteiger partial charge in [0, 0.05) is 0 Å².